The van der Waals surface area contributed by atoms with E-state index in [1.807, 2.05) is 35.6 Å². The largest absolute Gasteiger partial charge is 0.309 e. The molecule has 3 nitrogen and oxygen atoms in total. The zero-order valence-electron chi connectivity index (χ0n) is 45.2. The third kappa shape index (κ3) is 8.14. The molecule has 17 aromatic rings. The average Bonchev–Trinajstić information content (AvgIpc) is 2.22. The molecule has 0 radical (unpaired) electrons. The van der Waals surface area contributed by atoms with Gasteiger partial charge < -0.3 is 14.7 Å². The molecule has 0 aliphatic heterocycles. The number of halogens is 2. The number of benzene rings is 13. The second-order valence-electron chi connectivity index (χ2n) is 21.4. The fraction of sp³-hybridized carbons (Fsp3) is 0. The Morgan fingerprint density at radius 3 is 1.21 bits per heavy atom. The molecule has 0 spiro atoms. The summed E-state index contributed by atoms with van der Waals surface area (Å²) in [6.45, 7) is 0. The molecule has 0 aliphatic rings. The first-order valence-electron chi connectivity index (χ1n) is 28.2. The lowest BCUT2D eigenvalue weighted by Crippen LogP contribution is -2.14. The molecule has 0 N–H and O–H groups in total. The zero-order valence-corrected chi connectivity index (χ0v) is 48.5. The van der Waals surface area contributed by atoms with Gasteiger partial charge in [0.2, 0.25) is 0 Å². The molecule has 0 amide bonds. The van der Waals surface area contributed by atoms with E-state index >= 15 is 8.78 Å². The van der Waals surface area contributed by atoms with Crippen LogP contribution in [0.2, 0.25) is 0 Å². The van der Waals surface area contributed by atoms with E-state index in [0.29, 0.717) is 0 Å². The van der Waals surface area contributed by atoms with Gasteiger partial charge in [-0.1, -0.05) is 146 Å². The molecule has 0 saturated heterocycles. The number of hydrogen-bond acceptors (Lipinski definition) is 7. The van der Waals surface area contributed by atoms with Crippen LogP contribution in [0.4, 0.5) is 60.0 Å². The minimum absolute atomic E-state index is 0.310. The van der Waals surface area contributed by atoms with Crippen molar-refractivity contribution in [1.29, 1.82) is 0 Å². The maximum atomic E-state index is 15.3. The van der Waals surface area contributed by atoms with E-state index in [4.69, 9.17) is 0 Å². The van der Waals surface area contributed by atoms with Gasteiger partial charge in [0.05, 0.1) is 47.2 Å². The minimum atomic E-state index is -0.311. The van der Waals surface area contributed by atoms with E-state index in [2.05, 4.69) is 239 Å². The van der Waals surface area contributed by atoms with Gasteiger partial charge in [0, 0.05) is 90.2 Å². The van der Waals surface area contributed by atoms with Gasteiger partial charge in [-0.15, -0.1) is 45.3 Å². The summed E-state index contributed by atoms with van der Waals surface area (Å²) in [5.74, 6) is -0.621. The van der Waals surface area contributed by atoms with E-state index < -0.39 is 0 Å². The standard InChI is InChI=1S/C76H45F2N3S4/c77-48-33-37-51(38-34-48)79(64-25-12-22-58-55-19-6-9-28-68(55)82-73(58)64)53-44-62-61-43-47(32-42-71(61)85-76(62)67(45-53)81(52-39-35-49(78)36-40-52)66-27-14-24-60-57-21-8-11-30-70(57)84-75(60)66)72-54-18-5-4-15-46(54)31-41-63(72)80(50-16-2-1-3-17-50)65-26-13-23-59-56-20-7-10-29-69(56)83-74(59)65/h1-45H. The van der Waals surface area contributed by atoms with Crippen LogP contribution in [0.5, 0.6) is 0 Å². The molecule has 402 valence electrons. The molecule has 0 saturated carbocycles. The predicted octanol–water partition coefficient (Wildman–Crippen LogP) is 24.7. The van der Waals surface area contributed by atoms with Crippen LogP contribution in [0.1, 0.15) is 0 Å². The van der Waals surface area contributed by atoms with Gasteiger partial charge >= 0.3 is 0 Å². The molecule has 0 unspecified atom stereocenters. The van der Waals surface area contributed by atoms with E-state index in [1.54, 1.807) is 58.3 Å². The Kier molecular flexibility index (Phi) is 11.7. The second kappa shape index (κ2) is 20.0. The number of rotatable bonds is 10. The third-order valence-electron chi connectivity index (χ3n) is 16.5. The minimum Gasteiger partial charge on any atom is -0.309 e. The summed E-state index contributed by atoms with van der Waals surface area (Å²) in [6.07, 6.45) is 0. The number of fused-ring (bicyclic) bond motifs is 13. The van der Waals surface area contributed by atoms with Crippen LogP contribution in [0, 0.1) is 11.6 Å². The van der Waals surface area contributed by atoms with Gasteiger partial charge in [0.15, 0.2) is 0 Å². The quantitative estimate of drug-likeness (QED) is 0.135. The summed E-state index contributed by atoms with van der Waals surface area (Å²) in [4.78, 5) is 7.08. The molecule has 85 heavy (non-hydrogen) atoms. The van der Waals surface area contributed by atoms with Gasteiger partial charge in [-0.3, -0.25) is 0 Å². The lowest BCUT2D eigenvalue weighted by atomic mass is 9.94. The van der Waals surface area contributed by atoms with Crippen LogP contribution >= 0.6 is 45.3 Å². The Bertz CT molecular complexity index is 5490. The molecule has 4 heterocycles. The van der Waals surface area contributed by atoms with Gasteiger partial charge in [-0.2, -0.15) is 0 Å². The molecule has 9 heteroatoms. The maximum absolute atomic E-state index is 15.3. The van der Waals surface area contributed by atoms with Crippen molar-refractivity contribution < 1.29 is 8.78 Å². The molecular weight excluding hydrogens is 1120 g/mol. The summed E-state index contributed by atoms with van der Waals surface area (Å²) in [6, 6.07) is 95.1. The summed E-state index contributed by atoms with van der Waals surface area (Å²) in [5.41, 5.74) is 10.8. The number of nitrogens with zero attached hydrogens (tertiary/aromatic N) is 3. The number of thiophene rings is 4. The highest BCUT2D eigenvalue weighted by Gasteiger charge is 2.28. The number of para-hydroxylation sites is 1. The van der Waals surface area contributed by atoms with E-state index in [0.717, 1.165) is 113 Å². The Hall–Kier alpha value is -9.74. The third-order valence-corrected chi connectivity index (χ3v) is 21.4. The van der Waals surface area contributed by atoms with Crippen molar-refractivity contribution in [3.63, 3.8) is 0 Å². The Morgan fingerprint density at radius 1 is 0.235 bits per heavy atom. The van der Waals surface area contributed by atoms with Crippen molar-refractivity contribution in [3.8, 4) is 11.1 Å². The molecular formula is C76H45F2N3S4. The highest BCUT2D eigenvalue weighted by atomic mass is 32.1. The van der Waals surface area contributed by atoms with Crippen molar-refractivity contribution >= 4 is 188 Å². The molecule has 13 aromatic carbocycles. The Balaban J connectivity index is 0.972. The van der Waals surface area contributed by atoms with E-state index in [1.165, 1.54) is 40.3 Å². The van der Waals surface area contributed by atoms with Crippen molar-refractivity contribution in [2.75, 3.05) is 14.7 Å². The van der Waals surface area contributed by atoms with E-state index in [-0.39, 0.29) is 11.6 Å². The molecule has 0 aliphatic carbocycles. The van der Waals surface area contributed by atoms with Crippen molar-refractivity contribution in [1.82, 2.24) is 0 Å². The molecule has 0 fully saturated rings. The fourth-order valence-corrected chi connectivity index (χ4v) is 17.6. The van der Waals surface area contributed by atoms with Crippen LogP contribution in [0.3, 0.4) is 0 Å². The zero-order chi connectivity index (χ0) is 56.3. The lowest BCUT2D eigenvalue weighted by molar-refractivity contribution is 0.627. The highest BCUT2D eigenvalue weighted by molar-refractivity contribution is 7.27. The number of anilines is 9. The molecule has 17 rings (SSSR count). The Labute approximate surface area is 503 Å². The average molecular weight is 1170 g/mol. The molecule has 0 bridgehead atoms. The summed E-state index contributed by atoms with van der Waals surface area (Å²) >= 11 is 7.14. The van der Waals surface area contributed by atoms with E-state index in [9.17, 15) is 0 Å². The van der Waals surface area contributed by atoms with Crippen LogP contribution < -0.4 is 14.7 Å². The van der Waals surface area contributed by atoms with Crippen LogP contribution in [-0.2, 0) is 0 Å². The van der Waals surface area contributed by atoms with Crippen LogP contribution in [0.25, 0.3) is 103 Å². The summed E-state index contributed by atoms with van der Waals surface area (Å²) in [7, 11) is 0. The highest BCUT2D eigenvalue weighted by Crippen LogP contribution is 2.55. The molecule has 4 aromatic heterocycles. The lowest BCUT2D eigenvalue weighted by Gasteiger charge is -2.30. The first kappa shape index (κ1) is 49.8. The predicted molar refractivity (Wildman–Crippen MR) is 365 cm³/mol. The van der Waals surface area contributed by atoms with Crippen LogP contribution in [0.15, 0.2) is 273 Å². The van der Waals surface area contributed by atoms with Crippen molar-refractivity contribution in [3.05, 3.63) is 285 Å². The SMILES string of the molecule is Fc1ccc(N(c2cc(N(c3ccc(F)cc3)c3cccc4c3sc3ccccc34)c3sc4ccc(-c5c(N(c6ccccc6)c6cccc7c6sc6ccccc67)ccc6ccccc56)cc4c3c2)c2cccc3c2sc2ccccc23)cc1. The van der Waals surface area contributed by atoms with Crippen molar-refractivity contribution in [2.24, 2.45) is 0 Å². The first-order valence-corrected chi connectivity index (χ1v) is 31.4. The van der Waals surface area contributed by atoms with Gasteiger partial charge in [-0.25, -0.2) is 8.78 Å². The maximum Gasteiger partial charge on any atom is 0.123 e. The van der Waals surface area contributed by atoms with Gasteiger partial charge in [0.25, 0.3) is 0 Å². The van der Waals surface area contributed by atoms with Gasteiger partial charge in [0.1, 0.15) is 11.6 Å². The molecule has 0 atom stereocenters. The summed E-state index contributed by atoms with van der Waals surface area (Å²) < 4.78 is 39.9. The van der Waals surface area contributed by atoms with Crippen molar-refractivity contribution in [2.45, 2.75) is 0 Å². The monoisotopic (exact) mass is 1170 g/mol. The second-order valence-corrected chi connectivity index (χ2v) is 25.6. The topological polar surface area (TPSA) is 9.72 Å². The number of hydrogen-bond donors (Lipinski definition) is 0. The summed E-state index contributed by atoms with van der Waals surface area (Å²) in [5, 5.41) is 11.6. The fourth-order valence-electron chi connectivity index (χ4n) is 12.8. The first-order chi connectivity index (χ1) is 42.0. The Morgan fingerprint density at radius 2 is 0.659 bits per heavy atom. The normalized spacial score (nSPS) is 11.9. The van der Waals surface area contributed by atoms with Gasteiger partial charge in [-0.05, 0) is 144 Å². The van der Waals surface area contributed by atoms with Crippen LogP contribution in [-0.4, -0.2) is 0 Å². The smallest absolute Gasteiger partial charge is 0.123 e.